The van der Waals surface area contributed by atoms with Gasteiger partial charge in [-0.15, -0.1) is 0 Å². The quantitative estimate of drug-likeness (QED) is 0.649. The van der Waals surface area contributed by atoms with Crippen molar-refractivity contribution in [2.75, 3.05) is 10.6 Å². The minimum Gasteiger partial charge on any atom is -0.324 e. The number of benzene rings is 1. The van der Waals surface area contributed by atoms with Gasteiger partial charge in [0, 0.05) is 41.2 Å². The van der Waals surface area contributed by atoms with Crippen molar-refractivity contribution < 1.29 is 8.78 Å². The Bertz CT molecular complexity index is 899. The zero-order valence-corrected chi connectivity index (χ0v) is 13.5. The first-order valence-electron chi connectivity index (χ1n) is 7.96. The standard InChI is InChI=1S/C17H16F2N6/c1-9-4-15(22-16-8-14(24-25-16)10-2-3-10)23-17(20-9)21-13-6-11(18)5-12(19)7-13/h4-8,10H,2-3H2,1H3,(H3,20,21,22,23,24,25). The van der Waals surface area contributed by atoms with Crippen LogP contribution in [-0.4, -0.2) is 20.2 Å². The van der Waals surface area contributed by atoms with Crippen LogP contribution < -0.4 is 10.6 Å². The molecule has 1 saturated carbocycles. The maximum atomic E-state index is 13.3. The average Bonchev–Trinajstić information content (AvgIpc) is 3.26. The Kier molecular flexibility index (Phi) is 3.79. The smallest absolute Gasteiger partial charge is 0.229 e. The van der Waals surface area contributed by atoms with E-state index in [1.165, 1.54) is 25.0 Å². The van der Waals surface area contributed by atoms with Crippen LogP contribution in [0.3, 0.4) is 0 Å². The summed E-state index contributed by atoms with van der Waals surface area (Å²) in [6, 6.07) is 6.90. The average molecular weight is 342 g/mol. The molecule has 2 heterocycles. The third-order valence-electron chi connectivity index (χ3n) is 3.84. The molecule has 3 aromatic rings. The molecule has 4 rings (SSSR count). The van der Waals surface area contributed by atoms with Crippen molar-refractivity contribution in [3.63, 3.8) is 0 Å². The van der Waals surface area contributed by atoms with Gasteiger partial charge in [-0.1, -0.05) is 0 Å². The maximum Gasteiger partial charge on any atom is 0.229 e. The van der Waals surface area contributed by atoms with Crippen LogP contribution in [0.2, 0.25) is 0 Å². The number of halogens is 2. The highest BCUT2D eigenvalue weighted by Gasteiger charge is 2.25. The van der Waals surface area contributed by atoms with Gasteiger partial charge in [-0.25, -0.2) is 13.8 Å². The topological polar surface area (TPSA) is 78.5 Å². The second-order valence-electron chi connectivity index (χ2n) is 6.11. The van der Waals surface area contributed by atoms with Crippen molar-refractivity contribution in [1.82, 2.24) is 20.2 Å². The van der Waals surface area contributed by atoms with Crippen molar-refractivity contribution in [2.45, 2.75) is 25.7 Å². The highest BCUT2D eigenvalue weighted by molar-refractivity contribution is 5.58. The molecule has 0 bridgehead atoms. The molecule has 0 aliphatic heterocycles. The first kappa shape index (κ1) is 15.5. The molecular formula is C17H16F2N6. The van der Waals surface area contributed by atoms with E-state index in [9.17, 15) is 8.78 Å². The molecule has 0 unspecified atom stereocenters. The number of aryl methyl sites for hydroxylation is 1. The second-order valence-corrected chi connectivity index (χ2v) is 6.11. The third kappa shape index (κ3) is 3.73. The maximum absolute atomic E-state index is 13.3. The van der Waals surface area contributed by atoms with Crippen LogP contribution in [-0.2, 0) is 0 Å². The Morgan fingerprint density at radius 2 is 1.72 bits per heavy atom. The molecule has 0 amide bonds. The normalized spacial score (nSPS) is 13.7. The summed E-state index contributed by atoms with van der Waals surface area (Å²) in [7, 11) is 0. The van der Waals surface area contributed by atoms with Gasteiger partial charge in [-0.05, 0) is 31.9 Å². The van der Waals surface area contributed by atoms with E-state index in [0.29, 0.717) is 23.2 Å². The molecule has 0 spiro atoms. The summed E-state index contributed by atoms with van der Waals surface area (Å²) in [4.78, 5) is 8.56. The van der Waals surface area contributed by atoms with Crippen LogP contribution in [0.5, 0.6) is 0 Å². The molecule has 2 aromatic heterocycles. The van der Waals surface area contributed by atoms with Crippen LogP contribution in [0, 0.1) is 18.6 Å². The van der Waals surface area contributed by atoms with Crippen molar-refractivity contribution in [2.24, 2.45) is 0 Å². The molecule has 1 fully saturated rings. The predicted molar refractivity (Wildman–Crippen MR) is 90.3 cm³/mol. The molecule has 6 nitrogen and oxygen atoms in total. The number of aromatic amines is 1. The van der Waals surface area contributed by atoms with Crippen LogP contribution in [0.25, 0.3) is 0 Å². The summed E-state index contributed by atoms with van der Waals surface area (Å²) in [5, 5.41) is 13.2. The molecule has 8 heteroatoms. The van der Waals surface area contributed by atoms with Gasteiger partial charge in [0.05, 0.1) is 0 Å². The SMILES string of the molecule is Cc1cc(Nc2cc(C3CC3)[nH]n2)nc(Nc2cc(F)cc(F)c2)n1. The Morgan fingerprint density at radius 3 is 2.44 bits per heavy atom. The van der Waals surface area contributed by atoms with Gasteiger partial charge in [0.15, 0.2) is 5.82 Å². The third-order valence-corrected chi connectivity index (χ3v) is 3.84. The van der Waals surface area contributed by atoms with E-state index in [2.05, 4.69) is 30.8 Å². The fraction of sp³-hybridized carbons (Fsp3) is 0.235. The number of anilines is 4. The zero-order chi connectivity index (χ0) is 17.4. The Balaban J connectivity index is 1.54. The number of rotatable bonds is 5. The fourth-order valence-corrected chi connectivity index (χ4v) is 2.58. The number of aromatic nitrogens is 4. The lowest BCUT2D eigenvalue weighted by Gasteiger charge is -2.09. The van der Waals surface area contributed by atoms with Crippen LogP contribution in [0.1, 0.15) is 30.1 Å². The molecule has 25 heavy (non-hydrogen) atoms. The summed E-state index contributed by atoms with van der Waals surface area (Å²) in [6.07, 6.45) is 2.37. The van der Waals surface area contributed by atoms with E-state index in [4.69, 9.17) is 0 Å². The minimum absolute atomic E-state index is 0.241. The monoisotopic (exact) mass is 342 g/mol. The highest BCUT2D eigenvalue weighted by atomic mass is 19.1. The fourth-order valence-electron chi connectivity index (χ4n) is 2.58. The van der Waals surface area contributed by atoms with E-state index >= 15 is 0 Å². The first-order chi connectivity index (χ1) is 12.0. The second kappa shape index (κ2) is 6.12. The number of nitrogens with zero attached hydrogens (tertiary/aromatic N) is 3. The number of hydrogen-bond donors (Lipinski definition) is 3. The first-order valence-corrected chi connectivity index (χ1v) is 7.96. The Morgan fingerprint density at radius 1 is 0.960 bits per heavy atom. The number of nitrogens with one attached hydrogen (secondary N) is 3. The van der Waals surface area contributed by atoms with Crippen molar-refractivity contribution in [3.05, 3.63) is 53.4 Å². The molecule has 0 radical (unpaired) electrons. The summed E-state index contributed by atoms with van der Waals surface area (Å²) in [6.45, 7) is 1.81. The van der Waals surface area contributed by atoms with E-state index < -0.39 is 11.6 Å². The van der Waals surface area contributed by atoms with Gasteiger partial charge in [0.2, 0.25) is 5.95 Å². The van der Waals surface area contributed by atoms with Crippen molar-refractivity contribution in [3.8, 4) is 0 Å². The van der Waals surface area contributed by atoms with Crippen LogP contribution in [0.15, 0.2) is 30.3 Å². The largest absolute Gasteiger partial charge is 0.324 e. The van der Waals surface area contributed by atoms with Gasteiger partial charge in [-0.2, -0.15) is 10.1 Å². The van der Waals surface area contributed by atoms with Gasteiger partial charge in [0.1, 0.15) is 17.5 Å². The molecule has 1 aromatic carbocycles. The summed E-state index contributed by atoms with van der Waals surface area (Å²) < 4.78 is 26.6. The summed E-state index contributed by atoms with van der Waals surface area (Å²) >= 11 is 0. The van der Waals surface area contributed by atoms with Gasteiger partial charge in [0.25, 0.3) is 0 Å². The van der Waals surface area contributed by atoms with Gasteiger partial charge >= 0.3 is 0 Å². The summed E-state index contributed by atoms with van der Waals surface area (Å²) in [5.41, 5.74) is 2.06. The van der Waals surface area contributed by atoms with Gasteiger partial charge in [-0.3, -0.25) is 5.10 Å². The Labute approximate surface area is 142 Å². The van der Waals surface area contributed by atoms with Gasteiger partial charge < -0.3 is 10.6 Å². The van der Waals surface area contributed by atoms with Crippen molar-refractivity contribution in [1.29, 1.82) is 0 Å². The van der Waals surface area contributed by atoms with E-state index in [0.717, 1.165) is 11.8 Å². The minimum atomic E-state index is -0.669. The highest BCUT2D eigenvalue weighted by Crippen LogP contribution is 2.39. The van der Waals surface area contributed by atoms with E-state index in [-0.39, 0.29) is 11.6 Å². The number of hydrogen-bond acceptors (Lipinski definition) is 5. The lowest BCUT2D eigenvalue weighted by Crippen LogP contribution is -2.03. The molecule has 128 valence electrons. The number of H-pyrrole nitrogens is 1. The molecular weight excluding hydrogens is 326 g/mol. The van der Waals surface area contributed by atoms with Crippen LogP contribution in [0.4, 0.5) is 32.1 Å². The van der Waals surface area contributed by atoms with E-state index in [1.807, 2.05) is 13.0 Å². The molecule has 0 saturated heterocycles. The summed E-state index contributed by atoms with van der Waals surface area (Å²) in [5.74, 6) is 0.694. The lowest BCUT2D eigenvalue weighted by molar-refractivity contribution is 0.584. The molecule has 3 N–H and O–H groups in total. The molecule has 1 aliphatic rings. The Hall–Kier alpha value is -3.03. The van der Waals surface area contributed by atoms with E-state index in [1.54, 1.807) is 6.07 Å². The van der Waals surface area contributed by atoms with Crippen molar-refractivity contribution >= 4 is 23.3 Å². The zero-order valence-electron chi connectivity index (χ0n) is 13.5. The predicted octanol–water partition coefficient (Wildman–Crippen LogP) is 4.15. The molecule has 1 aliphatic carbocycles. The van der Waals surface area contributed by atoms with Crippen LogP contribution >= 0.6 is 0 Å². The molecule has 0 atom stereocenters. The lowest BCUT2D eigenvalue weighted by atomic mass is 10.3.